The number of carbonyl (C=O) groups is 3. The molecule has 0 saturated carbocycles. The fraction of sp³-hybridized carbons (Fsp3) is 0.500. The first-order valence-electron chi connectivity index (χ1n) is 8.16. The van der Waals surface area contributed by atoms with Crippen LogP contribution in [0.25, 0.3) is 0 Å². The van der Waals surface area contributed by atoms with Crippen molar-refractivity contribution in [2.45, 2.75) is 58.2 Å². The van der Waals surface area contributed by atoms with E-state index in [0.717, 1.165) is 0 Å². The maximum atomic E-state index is 12.2. The molecule has 7 heteroatoms. The normalized spacial score (nSPS) is 23.6. The molecule has 7 nitrogen and oxygen atoms in total. The van der Waals surface area contributed by atoms with Crippen LogP contribution < -0.4 is 0 Å². The molecule has 1 fully saturated rings. The lowest BCUT2D eigenvalue weighted by atomic mass is 10.1. The Hall–Kier alpha value is -2.41. The van der Waals surface area contributed by atoms with Crippen molar-refractivity contribution in [3.63, 3.8) is 0 Å². The Morgan fingerprint density at radius 2 is 1.76 bits per heavy atom. The largest absolute Gasteiger partial charge is 0.456 e. The molecule has 0 bridgehead atoms. The van der Waals surface area contributed by atoms with E-state index in [0.29, 0.717) is 12.0 Å². The van der Waals surface area contributed by atoms with Crippen molar-refractivity contribution in [3.05, 3.63) is 35.9 Å². The highest BCUT2D eigenvalue weighted by molar-refractivity contribution is 5.89. The molecule has 1 aliphatic heterocycles. The van der Waals surface area contributed by atoms with E-state index in [2.05, 4.69) is 0 Å². The van der Waals surface area contributed by atoms with E-state index in [1.807, 2.05) is 13.0 Å². The lowest BCUT2D eigenvalue weighted by molar-refractivity contribution is -0.198. The molecule has 25 heavy (non-hydrogen) atoms. The fourth-order valence-electron chi connectivity index (χ4n) is 2.68. The van der Waals surface area contributed by atoms with E-state index in [9.17, 15) is 14.4 Å². The number of esters is 3. The maximum absolute atomic E-state index is 12.2. The minimum atomic E-state index is -1.00. The first-order valence-corrected chi connectivity index (χ1v) is 8.16. The van der Waals surface area contributed by atoms with Crippen molar-refractivity contribution in [2.24, 2.45) is 0 Å². The molecule has 1 heterocycles. The molecule has 1 aromatic rings. The van der Waals surface area contributed by atoms with Gasteiger partial charge in [0.15, 0.2) is 6.10 Å². The van der Waals surface area contributed by atoms with Gasteiger partial charge in [-0.25, -0.2) is 4.79 Å². The number of ether oxygens (including phenoxy) is 4. The second-order valence-electron chi connectivity index (χ2n) is 5.75. The Labute approximate surface area is 146 Å². The van der Waals surface area contributed by atoms with Gasteiger partial charge in [0.2, 0.25) is 6.29 Å². The lowest BCUT2D eigenvalue weighted by Gasteiger charge is -2.22. The van der Waals surface area contributed by atoms with Crippen LogP contribution in [0.5, 0.6) is 0 Å². The zero-order valence-corrected chi connectivity index (χ0v) is 14.5. The standard InChI is InChI=1S/C18H22O7/c1-4-14(24-17(21)13-8-6-5-7-9-13)15-10-16(22-11(2)19)18(25-15)23-12(3)20/h5-9,14-16,18H,4,10H2,1-3H3/t14?,15-,16+,18?/m0/s1. The van der Waals surface area contributed by atoms with Crippen molar-refractivity contribution >= 4 is 17.9 Å². The van der Waals surface area contributed by atoms with Gasteiger partial charge in [0.25, 0.3) is 0 Å². The van der Waals surface area contributed by atoms with Crippen molar-refractivity contribution in [2.75, 3.05) is 0 Å². The van der Waals surface area contributed by atoms with Crippen LogP contribution in [0.3, 0.4) is 0 Å². The van der Waals surface area contributed by atoms with Crippen LogP contribution in [0.1, 0.15) is 44.0 Å². The van der Waals surface area contributed by atoms with Crippen LogP contribution in [-0.2, 0) is 28.5 Å². The molecule has 2 rings (SSSR count). The van der Waals surface area contributed by atoms with Crippen LogP contribution >= 0.6 is 0 Å². The molecule has 0 spiro atoms. The molecule has 1 aromatic carbocycles. The van der Waals surface area contributed by atoms with E-state index in [1.54, 1.807) is 24.3 Å². The second kappa shape index (κ2) is 8.62. The highest BCUT2D eigenvalue weighted by Crippen LogP contribution is 2.29. The quantitative estimate of drug-likeness (QED) is 0.574. The lowest BCUT2D eigenvalue weighted by Crippen LogP contribution is -2.32. The van der Waals surface area contributed by atoms with E-state index in [-0.39, 0.29) is 6.42 Å². The summed E-state index contributed by atoms with van der Waals surface area (Å²) in [6.45, 7) is 4.37. The highest BCUT2D eigenvalue weighted by atomic mass is 16.7. The van der Waals surface area contributed by atoms with Crippen LogP contribution in [0.2, 0.25) is 0 Å². The average molecular weight is 350 g/mol. The average Bonchev–Trinajstić information content (AvgIpc) is 2.94. The third-order valence-electron chi connectivity index (χ3n) is 3.76. The molecule has 0 aromatic heterocycles. The van der Waals surface area contributed by atoms with E-state index in [1.165, 1.54) is 13.8 Å². The van der Waals surface area contributed by atoms with Crippen LogP contribution in [0.15, 0.2) is 30.3 Å². The monoisotopic (exact) mass is 350 g/mol. The molecule has 0 amide bonds. The van der Waals surface area contributed by atoms with Crippen LogP contribution in [0.4, 0.5) is 0 Å². The van der Waals surface area contributed by atoms with Crippen LogP contribution in [0, 0.1) is 0 Å². The third-order valence-corrected chi connectivity index (χ3v) is 3.76. The van der Waals surface area contributed by atoms with E-state index < -0.39 is 42.5 Å². The first kappa shape index (κ1) is 18.9. The second-order valence-corrected chi connectivity index (χ2v) is 5.75. The summed E-state index contributed by atoms with van der Waals surface area (Å²) in [5.74, 6) is -1.51. The Balaban J connectivity index is 2.05. The zero-order valence-electron chi connectivity index (χ0n) is 14.5. The van der Waals surface area contributed by atoms with Gasteiger partial charge in [-0.05, 0) is 18.6 Å². The maximum Gasteiger partial charge on any atom is 0.338 e. The molecule has 1 aliphatic rings. The van der Waals surface area contributed by atoms with Gasteiger partial charge in [-0.2, -0.15) is 0 Å². The fourth-order valence-corrected chi connectivity index (χ4v) is 2.68. The number of carbonyl (C=O) groups excluding carboxylic acids is 3. The topological polar surface area (TPSA) is 88.1 Å². The summed E-state index contributed by atoms with van der Waals surface area (Å²) in [6, 6.07) is 8.62. The summed E-state index contributed by atoms with van der Waals surface area (Å²) in [7, 11) is 0. The summed E-state index contributed by atoms with van der Waals surface area (Å²) in [5.41, 5.74) is 0.437. The Morgan fingerprint density at radius 3 is 2.32 bits per heavy atom. The molecule has 136 valence electrons. The summed E-state index contributed by atoms with van der Waals surface area (Å²) in [6.07, 6.45) is -2.04. The minimum absolute atomic E-state index is 0.276. The molecule has 2 unspecified atom stereocenters. The van der Waals surface area contributed by atoms with Crippen molar-refractivity contribution in [1.82, 2.24) is 0 Å². The summed E-state index contributed by atoms with van der Waals surface area (Å²) < 4.78 is 21.4. The Morgan fingerprint density at radius 1 is 1.12 bits per heavy atom. The predicted molar refractivity (Wildman–Crippen MR) is 86.5 cm³/mol. The van der Waals surface area contributed by atoms with Crippen LogP contribution in [-0.4, -0.2) is 42.5 Å². The van der Waals surface area contributed by atoms with Gasteiger partial charge < -0.3 is 18.9 Å². The summed E-state index contributed by atoms with van der Waals surface area (Å²) in [5, 5.41) is 0. The number of hydrogen-bond acceptors (Lipinski definition) is 7. The van der Waals surface area contributed by atoms with Crippen molar-refractivity contribution < 1.29 is 33.3 Å². The van der Waals surface area contributed by atoms with Gasteiger partial charge in [-0.15, -0.1) is 0 Å². The molecule has 0 N–H and O–H groups in total. The minimum Gasteiger partial charge on any atom is -0.456 e. The Bertz CT molecular complexity index is 589. The summed E-state index contributed by atoms with van der Waals surface area (Å²) >= 11 is 0. The number of benzene rings is 1. The van der Waals surface area contributed by atoms with Gasteiger partial charge in [-0.1, -0.05) is 25.1 Å². The predicted octanol–water partition coefficient (Wildman–Crippen LogP) is 2.23. The van der Waals surface area contributed by atoms with Gasteiger partial charge in [0.05, 0.1) is 5.56 Å². The SMILES string of the molecule is CCC(OC(=O)c1ccccc1)[C@@H]1C[C@@H](OC(C)=O)C(OC(C)=O)O1. The number of rotatable bonds is 6. The third kappa shape index (κ3) is 5.29. The molecular weight excluding hydrogens is 328 g/mol. The first-order chi connectivity index (χ1) is 11.9. The Kier molecular flexibility index (Phi) is 6.52. The van der Waals surface area contributed by atoms with E-state index in [4.69, 9.17) is 18.9 Å². The molecule has 1 saturated heterocycles. The van der Waals surface area contributed by atoms with Gasteiger partial charge >= 0.3 is 17.9 Å². The van der Waals surface area contributed by atoms with Crippen molar-refractivity contribution in [1.29, 1.82) is 0 Å². The van der Waals surface area contributed by atoms with E-state index >= 15 is 0 Å². The molecule has 4 atom stereocenters. The summed E-state index contributed by atoms with van der Waals surface area (Å²) in [4.78, 5) is 34.7. The van der Waals surface area contributed by atoms with Gasteiger partial charge in [0.1, 0.15) is 12.2 Å². The van der Waals surface area contributed by atoms with Crippen molar-refractivity contribution in [3.8, 4) is 0 Å². The zero-order chi connectivity index (χ0) is 18.4. The highest BCUT2D eigenvalue weighted by Gasteiger charge is 2.44. The van der Waals surface area contributed by atoms with Gasteiger partial charge in [0, 0.05) is 20.3 Å². The smallest absolute Gasteiger partial charge is 0.338 e. The van der Waals surface area contributed by atoms with Gasteiger partial charge in [-0.3, -0.25) is 9.59 Å². The number of hydrogen-bond donors (Lipinski definition) is 0. The molecule has 0 aliphatic carbocycles. The molecule has 0 radical (unpaired) electrons. The molecular formula is C18H22O7.